The predicted molar refractivity (Wildman–Crippen MR) is 92.3 cm³/mol. The van der Waals surface area contributed by atoms with Crippen LogP contribution in [0.25, 0.3) is 11.4 Å². The third-order valence-electron chi connectivity index (χ3n) is 3.24. The van der Waals surface area contributed by atoms with Gasteiger partial charge in [-0.25, -0.2) is 9.67 Å². The average molecular weight is 422 g/mol. The fourth-order valence-electron chi connectivity index (χ4n) is 1.89. The summed E-state index contributed by atoms with van der Waals surface area (Å²) in [7, 11) is -1.26. The van der Waals surface area contributed by atoms with Crippen LogP contribution in [0.2, 0.25) is 25.7 Å². The van der Waals surface area contributed by atoms with Gasteiger partial charge >= 0.3 is 6.18 Å². The van der Waals surface area contributed by atoms with Crippen LogP contribution in [0.4, 0.5) is 13.2 Å². The van der Waals surface area contributed by atoms with E-state index in [1.165, 1.54) is 0 Å². The largest absolute Gasteiger partial charge is 0.453 e. The van der Waals surface area contributed by atoms with Gasteiger partial charge < -0.3 is 4.74 Å². The van der Waals surface area contributed by atoms with Crippen molar-refractivity contribution in [2.45, 2.75) is 38.6 Å². The van der Waals surface area contributed by atoms with Gasteiger partial charge in [-0.3, -0.25) is 0 Å². The van der Waals surface area contributed by atoms with Crippen LogP contribution in [0.1, 0.15) is 5.82 Å². The molecule has 24 heavy (non-hydrogen) atoms. The third-order valence-corrected chi connectivity index (χ3v) is 5.47. The van der Waals surface area contributed by atoms with Crippen molar-refractivity contribution >= 4 is 24.0 Å². The molecule has 0 unspecified atom stereocenters. The highest BCUT2D eigenvalue weighted by atomic mass is 79.9. The van der Waals surface area contributed by atoms with Crippen LogP contribution in [0.5, 0.6) is 0 Å². The van der Waals surface area contributed by atoms with Gasteiger partial charge in [0, 0.05) is 24.7 Å². The molecule has 2 rings (SSSR count). The van der Waals surface area contributed by atoms with Crippen molar-refractivity contribution in [1.82, 2.24) is 14.8 Å². The minimum Gasteiger partial charge on any atom is -0.359 e. The van der Waals surface area contributed by atoms with Crippen LogP contribution in [0.3, 0.4) is 0 Å². The quantitative estimate of drug-likeness (QED) is 0.484. The number of halogens is 4. The molecule has 2 aromatic rings. The first kappa shape index (κ1) is 19.1. The first-order chi connectivity index (χ1) is 11.1. The smallest absolute Gasteiger partial charge is 0.359 e. The molecule has 0 radical (unpaired) electrons. The lowest BCUT2D eigenvalue weighted by Gasteiger charge is -2.15. The van der Waals surface area contributed by atoms with Gasteiger partial charge in [-0.05, 0) is 18.2 Å². The van der Waals surface area contributed by atoms with Crippen molar-refractivity contribution in [1.29, 1.82) is 0 Å². The third kappa shape index (κ3) is 5.42. The average Bonchev–Trinajstić information content (AvgIpc) is 2.88. The second-order valence-electron chi connectivity index (χ2n) is 6.61. The fourth-order valence-corrected chi connectivity index (χ4v) is 2.92. The maximum atomic E-state index is 12.9. The molecule has 0 fully saturated rings. The van der Waals surface area contributed by atoms with Crippen molar-refractivity contribution < 1.29 is 17.9 Å². The lowest BCUT2D eigenvalue weighted by atomic mass is 10.2. The number of rotatable bonds is 6. The summed E-state index contributed by atoms with van der Waals surface area (Å²) in [6.07, 6.45) is -4.59. The summed E-state index contributed by atoms with van der Waals surface area (Å²) in [5, 5.41) is 3.57. The van der Waals surface area contributed by atoms with E-state index in [2.05, 4.69) is 45.7 Å². The number of benzene rings is 1. The van der Waals surface area contributed by atoms with Crippen LogP contribution in [0.15, 0.2) is 28.7 Å². The van der Waals surface area contributed by atoms with E-state index in [0.717, 1.165) is 15.2 Å². The van der Waals surface area contributed by atoms with Crippen molar-refractivity contribution in [3.8, 4) is 11.4 Å². The first-order valence-corrected chi connectivity index (χ1v) is 11.9. The first-order valence-electron chi connectivity index (χ1n) is 7.42. The standard InChI is InChI=1S/C15H19BrF3N3OSi/c1-24(2,3)9-8-23-10-22-13(11-4-6-12(16)7-5-11)20-14(21-22)15(17,18)19/h4-7H,8-10H2,1-3H3. The van der Waals surface area contributed by atoms with Crippen LogP contribution >= 0.6 is 15.9 Å². The van der Waals surface area contributed by atoms with E-state index >= 15 is 0 Å². The Kier molecular flexibility index (Phi) is 5.87. The lowest BCUT2D eigenvalue weighted by molar-refractivity contribution is -0.145. The Labute approximate surface area is 148 Å². The summed E-state index contributed by atoms with van der Waals surface area (Å²) in [5.74, 6) is -1.02. The van der Waals surface area contributed by atoms with Gasteiger partial charge in [0.15, 0.2) is 5.82 Å². The molecule has 9 heteroatoms. The number of aromatic nitrogens is 3. The Balaban J connectivity index is 2.21. The molecular weight excluding hydrogens is 403 g/mol. The molecule has 1 aromatic carbocycles. The summed E-state index contributed by atoms with van der Waals surface area (Å²) < 4.78 is 46.3. The molecule has 0 saturated carbocycles. The van der Waals surface area contributed by atoms with E-state index in [9.17, 15) is 13.2 Å². The van der Waals surface area contributed by atoms with E-state index < -0.39 is 20.1 Å². The molecule has 0 bridgehead atoms. The highest BCUT2D eigenvalue weighted by molar-refractivity contribution is 9.10. The second-order valence-corrected chi connectivity index (χ2v) is 13.1. The molecule has 0 amide bonds. The molecule has 0 aliphatic carbocycles. The highest BCUT2D eigenvalue weighted by Crippen LogP contribution is 2.29. The zero-order valence-electron chi connectivity index (χ0n) is 13.7. The minimum atomic E-state index is -4.59. The number of hydrogen-bond acceptors (Lipinski definition) is 3. The van der Waals surface area contributed by atoms with Gasteiger partial charge in [-0.15, -0.1) is 5.10 Å². The fraction of sp³-hybridized carbons (Fsp3) is 0.467. The van der Waals surface area contributed by atoms with Gasteiger partial charge in [0.05, 0.1) is 0 Å². The maximum absolute atomic E-state index is 12.9. The number of ether oxygens (including phenoxy) is 1. The van der Waals surface area contributed by atoms with E-state index in [-0.39, 0.29) is 12.6 Å². The van der Waals surface area contributed by atoms with E-state index in [4.69, 9.17) is 4.74 Å². The highest BCUT2D eigenvalue weighted by Gasteiger charge is 2.37. The molecule has 1 heterocycles. The van der Waals surface area contributed by atoms with Crippen LogP contribution in [-0.2, 0) is 17.6 Å². The van der Waals surface area contributed by atoms with Crippen LogP contribution in [-0.4, -0.2) is 29.4 Å². The molecule has 132 valence electrons. The molecule has 0 aliphatic rings. The van der Waals surface area contributed by atoms with Crippen LogP contribution in [0, 0.1) is 0 Å². The summed E-state index contributed by atoms with van der Waals surface area (Å²) in [5.41, 5.74) is 0.551. The Hall–Kier alpha value is -1.19. The van der Waals surface area contributed by atoms with Crippen molar-refractivity contribution in [3.05, 3.63) is 34.6 Å². The molecule has 0 saturated heterocycles. The van der Waals surface area contributed by atoms with Crippen molar-refractivity contribution in [3.63, 3.8) is 0 Å². The Bertz CT molecular complexity index is 681. The number of hydrogen-bond donors (Lipinski definition) is 0. The zero-order valence-corrected chi connectivity index (χ0v) is 16.3. The topological polar surface area (TPSA) is 39.9 Å². The molecular formula is C15H19BrF3N3OSi. The molecule has 0 atom stereocenters. The summed E-state index contributed by atoms with van der Waals surface area (Å²) in [6.45, 7) is 7.07. The zero-order chi connectivity index (χ0) is 18.0. The molecule has 4 nitrogen and oxygen atoms in total. The van der Waals surface area contributed by atoms with E-state index in [1.807, 2.05) is 0 Å². The predicted octanol–water partition coefficient (Wildman–Crippen LogP) is 5.04. The molecule has 1 aromatic heterocycles. The van der Waals surface area contributed by atoms with E-state index in [0.29, 0.717) is 12.2 Å². The van der Waals surface area contributed by atoms with Gasteiger partial charge in [-0.1, -0.05) is 47.7 Å². The van der Waals surface area contributed by atoms with Gasteiger partial charge in [0.2, 0.25) is 0 Å². The molecule has 0 spiro atoms. The van der Waals surface area contributed by atoms with Crippen molar-refractivity contribution in [2.75, 3.05) is 6.61 Å². The lowest BCUT2D eigenvalue weighted by Crippen LogP contribution is -2.22. The summed E-state index contributed by atoms with van der Waals surface area (Å²) in [6, 6.07) is 7.79. The molecule has 0 aliphatic heterocycles. The second kappa shape index (κ2) is 7.36. The van der Waals surface area contributed by atoms with Crippen molar-refractivity contribution in [2.24, 2.45) is 0 Å². The summed E-state index contributed by atoms with van der Waals surface area (Å²) in [4.78, 5) is 3.65. The monoisotopic (exact) mass is 421 g/mol. The summed E-state index contributed by atoms with van der Waals surface area (Å²) >= 11 is 3.30. The van der Waals surface area contributed by atoms with Crippen LogP contribution < -0.4 is 0 Å². The Morgan fingerprint density at radius 1 is 1.17 bits per heavy atom. The Morgan fingerprint density at radius 3 is 2.33 bits per heavy atom. The minimum absolute atomic E-state index is 0.0566. The van der Waals surface area contributed by atoms with Gasteiger partial charge in [0.1, 0.15) is 6.73 Å². The molecule has 0 N–H and O–H groups in total. The van der Waals surface area contributed by atoms with Gasteiger partial charge in [0.25, 0.3) is 5.82 Å². The normalized spacial score (nSPS) is 12.6. The number of nitrogens with zero attached hydrogens (tertiary/aromatic N) is 3. The Morgan fingerprint density at radius 2 is 1.79 bits per heavy atom. The number of alkyl halides is 3. The van der Waals surface area contributed by atoms with Gasteiger partial charge in [-0.2, -0.15) is 13.2 Å². The van der Waals surface area contributed by atoms with E-state index in [1.54, 1.807) is 24.3 Å². The maximum Gasteiger partial charge on any atom is 0.453 e. The SMILES string of the molecule is C[Si](C)(C)CCOCn1nc(C(F)(F)F)nc1-c1ccc(Br)cc1.